The first kappa shape index (κ1) is 26.9. The maximum atomic E-state index is 13.9. The number of hydrogen-bond donors (Lipinski definition) is 1. The van der Waals surface area contributed by atoms with Crippen LogP contribution in [0.3, 0.4) is 0 Å². The molecule has 5 heterocycles. The number of aryl methyl sites for hydroxylation is 2. The summed E-state index contributed by atoms with van der Waals surface area (Å²) in [6.45, 7) is 6.29. The van der Waals surface area contributed by atoms with Gasteiger partial charge in [-0.15, -0.1) is 16.4 Å². The molecule has 4 aromatic heterocycles. The Morgan fingerprint density at radius 1 is 1.17 bits per heavy atom. The van der Waals surface area contributed by atoms with Gasteiger partial charge in [0, 0.05) is 56.0 Å². The van der Waals surface area contributed by atoms with E-state index in [1.165, 1.54) is 32.2 Å². The van der Waals surface area contributed by atoms with Gasteiger partial charge >= 0.3 is 5.97 Å². The molecule has 0 fully saturated rings. The number of aromatic nitrogens is 5. The molecule has 6 rings (SSSR count). The van der Waals surface area contributed by atoms with E-state index in [1.807, 2.05) is 0 Å². The molecule has 0 saturated heterocycles. The molecule has 12 heteroatoms. The first-order chi connectivity index (χ1) is 19.5. The van der Waals surface area contributed by atoms with E-state index in [0.717, 1.165) is 24.1 Å². The second-order valence-corrected chi connectivity index (χ2v) is 12.5. The van der Waals surface area contributed by atoms with Crippen LogP contribution < -0.4 is 15.8 Å². The van der Waals surface area contributed by atoms with Crippen molar-refractivity contribution in [3.63, 3.8) is 0 Å². The van der Waals surface area contributed by atoms with Gasteiger partial charge in [0.25, 0.3) is 11.5 Å². The van der Waals surface area contributed by atoms with Gasteiger partial charge in [0.1, 0.15) is 18.1 Å². The quantitative estimate of drug-likeness (QED) is 0.346. The predicted molar refractivity (Wildman–Crippen MR) is 156 cm³/mol. The lowest BCUT2D eigenvalue weighted by molar-refractivity contribution is -0.142. The van der Waals surface area contributed by atoms with Crippen molar-refractivity contribution >= 4 is 40.5 Å². The maximum absolute atomic E-state index is 13.9. The van der Waals surface area contributed by atoms with Crippen molar-refractivity contribution in [2.75, 3.05) is 16.8 Å². The summed E-state index contributed by atoms with van der Waals surface area (Å²) in [5.74, 6) is 0.354. The predicted octanol–water partition coefficient (Wildman–Crippen LogP) is 3.77. The summed E-state index contributed by atoms with van der Waals surface area (Å²) in [4.78, 5) is 47.1. The van der Waals surface area contributed by atoms with E-state index in [9.17, 15) is 14.4 Å². The van der Waals surface area contributed by atoms with E-state index in [1.54, 1.807) is 61.1 Å². The number of fused-ring (bicyclic) bond motifs is 3. The summed E-state index contributed by atoms with van der Waals surface area (Å²) in [5, 5.41) is 11.0. The van der Waals surface area contributed by atoms with E-state index >= 15 is 0 Å². The number of amides is 1. The van der Waals surface area contributed by atoms with Crippen LogP contribution in [0.5, 0.6) is 0 Å². The van der Waals surface area contributed by atoms with Gasteiger partial charge in [-0.05, 0) is 53.5 Å². The molecular formula is C29H31N7O4S. The monoisotopic (exact) mass is 573 g/mol. The lowest BCUT2D eigenvalue weighted by Crippen LogP contribution is -2.38. The number of pyridine rings is 2. The Balaban J connectivity index is 1.42. The summed E-state index contributed by atoms with van der Waals surface area (Å²) in [5.41, 5.74) is 4.77. The van der Waals surface area contributed by atoms with Gasteiger partial charge in [0.15, 0.2) is 5.82 Å². The molecule has 0 unspecified atom stereocenters. The van der Waals surface area contributed by atoms with Crippen LogP contribution in [0.15, 0.2) is 35.5 Å². The van der Waals surface area contributed by atoms with Crippen LogP contribution in [-0.2, 0) is 49.5 Å². The third-order valence-electron chi connectivity index (χ3n) is 7.59. The van der Waals surface area contributed by atoms with Crippen molar-refractivity contribution in [1.29, 1.82) is 0 Å². The number of anilines is 3. The van der Waals surface area contributed by atoms with Gasteiger partial charge in [-0.1, -0.05) is 19.1 Å². The van der Waals surface area contributed by atoms with Crippen LogP contribution in [0, 0.1) is 5.41 Å². The van der Waals surface area contributed by atoms with Crippen LogP contribution in [0.2, 0.25) is 0 Å². The molecule has 1 amide bonds. The first-order valence-corrected chi connectivity index (χ1v) is 14.2. The lowest BCUT2D eigenvalue weighted by Gasteiger charge is -2.29. The molecule has 0 radical (unpaired) electrons. The highest BCUT2D eigenvalue weighted by molar-refractivity contribution is 7.14. The molecule has 41 heavy (non-hydrogen) atoms. The summed E-state index contributed by atoms with van der Waals surface area (Å²) in [7, 11) is 3.40. The second kappa shape index (κ2) is 9.95. The molecule has 1 aliphatic carbocycles. The molecule has 4 aromatic rings. The molecule has 1 N–H and O–H groups in total. The van der Waals surface area contributed by atoms with E-state index in [2.05, 4.69) is 34.5 Å². The molecule has 0 saturated carbocycles. The lowest BCUT2D eigenvalue weighted by atomic mass is 9.89. The maximum Gasteiger partial charge on any atom is 0.302 e. The molecule has 0 spiro atoms. The number of carbonyl (C=O) groups is 2. The Morgan fingerprint density at radius 2 is 1.98 bits per heavy atom. The Labute approximate surface area is 240 Å². The summed E-state index contributed by atoms with van der Waals surface area (Å²) in [6.07, 6.45) is 7.74. The molecule has 212 valence electrons. The van der Waals surface area contributed by atoms with Crippen LogP contribution in [-0.4, -0.2) is 43.0 Å². The fraction of sp³-hybridized carbons (Fsp3) is 0.379. The van der Waals surface area contributed by atoms with Gasteiger partial charge in [0.2, 0.25) is 0 Å². The Hall–Kier alpha value is -4.32. The minimum atomic E-state index is -0.444. The molecule has 0 bridgehead atoms. The van der Waals surface area contributed by atoms with Gasteiger partial charge in [0.05, 0.1) is 11.1 Å². The van der Waals surface area contributed by atoms with Gasteiger partial charge < -0.3 is 14.6 Å². The molecule has 0 atom stereocenters. The number of esters is 1. The third kappa shape index (κ3) is 4.92. The first-order valence-electron chi connectivity index (χ1n) is 13.4. The van der Waals surface area contributed by atoms with Crippen LogP contribution >= 0.6 is 11.3 Å². The van der Waals surface area contributed by atoms with Crippen molar-refractivity contribution in [1.82, 2.24) is 24.5 Å². The Morgan fingerprint density at radius 3 is 2.71 bits per heavy atom. The zero-order chi connectivity index (χ0) is 29.1. The number of rotatable bonds is 6. The van der Waals surface area contributed by atoms with Gasteiger partial charge in [-0.3, -0.25) is 24.0 Å². The SMILES string of the molecule is CC(=O)OCc1c(-c2cc(Nc3cn(C)nn3)c(=O)n(C)c2)ccnc1N1CCc2c(sc3c2CC(C)(C)C3)C1=O. The summed E-state index contributed by atoms with van der Waals surface area (Å²) < 4.78 is 8.47. The fourth-order valence-electron chi connectivity index (χ4n) is 5.75. The van der Waals surface area contributed by atoms with Gasteiger partial charge in [-0.25, -0.2) is 4.98 Å². The number of ether oxygens (including phenoxy) is 1. The van der Waals surface area contributed by atoms with Crippen molar-refractivity contribution in [3.8, 4) is 11.1 Å². The fourth-order valence-corrected chi connectivity index (χ4v) is 7.33. The smallest absolute Gasteiger partial charge is 0.302 e. The second-order valence-electron chi connectivity index (χ2n) is 11.4. The number of nitrogens with zero attached hydrogens (tertiary/aromatic N) is 6. The molecular weight excluding hydrogens is 542 g/mol. The minimum Gasteiger partial charge on any atom is -0.461 e. The van der Waals surface area contributed by atoms with Crippen LogP contribution in [0.4, 0.5) is 17.3 Å². The van der Waals surface area contributed by atoms with Crippen molar-refractivity contribution in [2.24, 2.45) is 19.5 Å². The number of carbonyl (C=O) groups excluding carboxylic acids is 2. The van der Waals surface area contributed by atoms with E-state index in [0.29, 0.717) is 40.6 Å². The average Bonchev–Trinajstić information content (AvgIpc) is 3.57. The summed E-state index contributed by atoms with van der Waals surface area (Å²) >= 11 is 1.60. The van der Waals surface area contributed by atoms with E-state index < -0.39 is 5.97 Å². The van der Waals surface area contributed by atoms with Crippen molar-refractivity contribution < 1.29 is 14.3 Å². The number of thiophene rings is 1. The number of nitrogens with one attached hydrogen (secondary N) is 1. The minimum absolute atomic E-state index is 0.0740. The highest BCUT2D eigenvalue weighted by Crippen LogP contribution is 2.46. The van der Waals surface area contributed by atoms with Gasteiger partial charge in [-0.2, -0.15) is 0 Å². The van der Waals surface area contributed by atoms with Crippen LogP contribution in [0.1, 0.15) is 52.0 Å². The standard InChI is InChI=1S/C29H31N7O4S/c1-16(37)40-15-21-18(17-10-22(27(38)34(4)13-17)31-24-14-35(5)33-32-24)6-8-30-26(21)36-9-7-19-20-11-29(2,3)12-23(20)41-25(19)28(36)39/h6,8,10,13-14,31H,7,9,11-12,15H2,1-5H3. The average molecular weight is 574 g/mol. The zero-order valence-corrected chi connectivity index (χ0v) is 24.5. The van der Waals surface area contributed by atoms with Crippen molar-refractivity contribution in [3.05, 3.63) is 67.5 Å². The van der Waals surface area contributed by atoms with Crippen LogP contribution in [0.25, 0.3) is 11.1 Å². The Bertz CT molecular complexity index is 1770. The topological polar surface area (TPSA) is 124 Å². The summed E-state index contributed by atoms with van der Waals surface area (Å²) in [6, 6.07) is 3.52. The van der Waals surface area contributed by atoms with E-state index in [-0.39, 0.29) is 23.5 Å². The molecule has 2 aliphatic rings. The third-order valence-corrected chi connectivity index (χ3v) is 8.85. The van der Waals surface area contributed by atoms with Crippen molar-refractivity contribution in [2.45, 2.75) is 46.6 Å². The van der Waals surface area contributed by atoms with E-state index in [4.69, 9.17) is 4.74 Å². The number of hydrogen-bond acceptors (Lipinski definition) is 9. The molecule has 1 aliphatic heterocycles. The normalized spacial score (nSPS) is 15.5. The molecule has 11 nitrogen and oxygen atoms in total. The largest absolute Gasteiger partial charge is 0.461 e. The zero-order valence-electron chi connectivity index (χ0n) is 23.6. The highest BCUT2D eigenvalue weighted by Gasteiger charge is 2.39. The molecule has 0 aromatic carbocycles. The highest BCUT2D eigenvalue weighted by atomic mass is 32.1. The Kier molecular flexibility index (Phi) is 6.52.